The quantitative estimate of drug-likeness (QED) is 0.750. The topological polar surface area (TPSA) is 30.2 Å². The molecule has 0 N–H and O–H groups in total. The predicted molar refractivity (Wildman–Crippen MR) is 67.4 cm³/mol. The number of benzene rings is 1. The van der Waals surface area contributed by atoms with Crippen LogP contribution in [0, 0.1) is 13.8 Å². The van der Waals surface area contributed by atoms with Crippen molar-refractivity contribution < 1.29 is 9.21 Å². The number of hydrogen-bond donors (Lipinski definition) is 0. The van der Waals surface area contributed by atoms with Crippen molar-refractivity contribution in [3.63, 3.8) is 0 Å². The molecule has 0 aliphatic heterocycles. The molecule has 0 saturated carbocycles. The van der Waals surface area contributed by atoms with E-state index in [4.69, 9.17) is 4.42 Å². The Kier molecular flexibility index (Phi) is 3.14. The number of furan rings is 1. The van der Waals surface area contributed by atoms with Crippen LogP contribution in [0.5, 0.6) is 0 Å². The first-order chi connectivity index (χ1) is 8.06. The van der Waals surface area contributed by atoms with E-state index in [1.54, 1.807) is 6.07 Å². The molecule has 0 saturated heterocycles. The highest BCUT2D eigenvalue weighted by molar-refractivity contribution is 5.91. The Bertz CT molecular complexity index is 550. The fourth-order valence-corrected chi connectivity index (χ4v) is 1.89. The van der Waals surface area contributed by atoms with Crippen LogP contribution >= 0.6 is 0 Å². The van der Waals surface area contributed by atoms with E-state index in [1.165, 1.54) is 23.6 Å². The van der Waals surface area contributed by atoms with E-state index in [2.05, 4.69) is 32.0 Å². The molecule has 2 heteroatoms. The standard InChI is InChI=1S/C15H16O2/c1-10-4-5-13(11(2)8-10)9-14-6-7-15(17-14)12(3)16/h4-8H,9H2,1-3H3. The van der Waals surface area contributed by atoms with E-state index in [1.807, 2.05) is 6.07 Å². The maximum atomic E-state index is 11.1. The molecule has 17 heavy (non-hydrogen) atoms. The Hall–Kier alpha value is -1.83. The molecular weight excluding hydrogens is 212 g/mol. The second-order valence-electron chi connectivity index (χ2n) is 4.43. The molecule has 88 valence electrons. The maximum absolute atomic E-state index is 11.1. The third-order valence-corrected chi connectivity index (χ3v) is 2.87. The molecule has 0 amide bonds. The number of carbonyl (C=O) groups is 1. The molecule has 2 aromatic rings. The van der Waals surface area contributed by atoms with Crippen molar-refractivity contribution in [3.05, 3.63) is 58.5 Å². The Labute approximate surface area is 101 Å². The van der Waals surface area contributed by atoms with Crippen LogP contribution in [0.15, 0.2) is 34.7 Å². The lowest BCUT2D eigenvalue weighted by atomic mass is 10.0. The third-order valence-electron chi connectivity index (χ3n) is 2.87. The summed E-state index contributed by atoms with van der Waals surface area (Å²) >= 11 is 0. The molecule has 0 aliphatic rings. The van der Waals surface area contributed by atoms with Gasteiger partial charge in [0.1, 0.15) is 5.76 Å². The molecule has 1 aromatic carbocycles. The highest BCUT2D eigenvalue weighted by atomic mass is 16.3. The van der Waals surface area contributed by atoms with Gasteiger partial charge < -0.3 is 4.42 Å². The van der Waals surface area contributed by atoms with Crippen LogP contribution in [-0.2, 0) is 6.42 Å². The largest absolute Gasteiger partial charge is 0.458 e. The smallest absolute Gasteiger partial charge is 0.194 e. The lowest BCUT2D eigenvalue weighted by molar-refractivity contribution is 0.0985. The summed E-state index contributed by atoms with van der Waals surface area (Å²) in [4.78, 5) is 11.1. The Morgan fingerprint density at radius 2 is 1.94 bits per heavy atom. The highest BCUT2D eigenvalue weighted by Gasteiger charge is 2.08. The average Bonchev–Trinajstić information content (AvgIpc) is 2.71. The number of rotatable bonds is 3. The lowest BCUT2D eigenvalue weighted by Gasteiger charge is -2.04. The van der Waals surface area contributed by atoms with E-state index in [-0.39, 0.29) is 5.78 Å². The summed E-state index contributed by atoms with van der Waals surface area (Å²) < 4.78 is 5.48. The van der Waals surface area contributed by atoms with Crippen molar-refractivity contribution in [3.8, 4) is 0 Å². The Morgan fingerprint density at radius 1 is 1.18 bits per heavy atom. The monoisotopic (exact) mass is 228 g/mol. The fourth-order valence-electron chi connectivity index (χ4n) is 1.89. The van der Waals surface area contributed by atoms with Crippen molar-refractivity contribution in [2.24, 2.45) is 0 Å². The summed E-state index contributed by atoms with van der Waals surface area (Å²) in [6.07, 6.45) is 0.736. The van der Waals surface area contributed by atoms with Gasteiger partial charge in [-0.2, -0.15) is 0 Å². The molecule has 0 atom stereocenters. The van der Waals surface area contributed by atoms with Crippen LogP contribution < -0.4 is 0 Å². The van der Waals surface area contributed by atoms with Gasteiger partial charge in [0, 0.05) is 13.3 Å². The Morgan fingerprint density at radius 3 is 2.53 bits per heavy atom. The minimum atomic E-state index is -0.0307. The Balaban J connectivity index is 2.22. The minimum absolute atomic E-state index is 0.0307. The summed E-state index contributed by atoms with van der Waals surface area (Å²) in [5, 5.41) is 0. The second-order valence-corrected chi connectivity index (χ2v) is 4.43. The van der Waals surface area contributed by atoms with Gasteiger partial charge in [-0.3, -0.25) is 4.79 Å². The van der Waals surface area contributed by atoms with Crippen molar-refractivity contribution >= 4 is 5.78 Å². The zero-order valence-corrected chi connectivity index (χ0v) is 10.4. The van der Waals surface area contributed by atoms with Crippen LogP contribution in [0.4, 0.5) is 0 Å². The summed E-state index contributed by atoms with van der Waals surface area (Å²) in [6, 6.07) is 9.97. The van der Waals surface area contributed by atoms with Crippen molar-refractivity contribution in [1.29, 1.82) is 0 Å². The van der Waals surface area contributed by atoms with Gasteiger partial charge in [0.05, 0.1) is 0 Å². The SMILES string of the molecule is CC(=O)c1ccc(Cc2ccc(C)cc2C)o1. The molecule has 2 rings (SSSR count). The summed E-state index contributed by atoms with van der Waals surface area (Å²) in [6.45, 7) is 5.69. The zero-order chi connectivity index (χ0) is 12.4. The molecule has 1 heterocycles. The predicted octanol–water partition coefficient (Wildman–Crippen LogP) is 3.69. The van der Waals surface area contributed by atoms with Gasteiger partial charge in [-0.05, 0) is 37.1 Å². The van der Waals surface area contributed by atoms with Crippen LogP contribution in [0.25, 0.3) is 0 Å². The van der Waals surface area contributed by atoms with Gasteiger partial charge in [0.2, 0.25) is 0 Å². The first-order valence-corrected chi connectivity index (χ1v) is 5.72. The van der Waals surface area contributed by atoms with E-state index >= 15 is 0 Å². The maximum Gasteiger partial charge on any atom is 0.194 e. The number of aryl methyl sites for hydroxylation is 2. The lowest BCUT2D eigenvalue weighted by Crippen LogP contribution is -1.91. The van der Waals surface area contributed by atoms with Gasteiger partial charge >= 0.3 is 0 Å². The van der Waals surface area contributed by atoms with Gasteiger partial charge in [0.25, 0.3) is 0 Å². The number of Topliss-reactive ketones (excluding diaryl/α,β-unsaturated/α-hetero) is 1. The van der Waals surface area contributed by atoms with Crippen LogP contribution in [-0.4, -0.2) is 5.78 Å². The van der Waals surface area contributed by atoms with Gasteiger partial charge in [0.15, 0.2) is 11.5 Å². The molecule has 0 spiro atoms. The van der Waals surface area contributed by atoms with Crippen molar-refractivity contribution in [2.75, 3.05) is 0 Å². The average molecular weight is 228 g/mol. The molecule has 2 nitrogen and oxygen atoms in total. The third kappa shape index (κ3) is 2.64. The minimum Gasteiger partial charge on any atom is -0.458 e. The molecule has 0 fully saturated rings. The molecule has 0 unspecified atom stereocenters. The van der Waals surface area contributed by atoms with Crippen LogP contribution in [0.1, 0.15) is 39.9 Å². The molecule has 0 bridgehead atoms. The van der Waals surface area contributed by atoms with Crippen molar-refractivity contribution in [1.82, 2.24) is 0 Å². The fraction of sp³-hybridized carbons (Fsp3) is 0.267. The highest BCUT2D eigenvalue weighted by Crippen LogP contribution is 2.17. The number of ketones is 1. The van der Waals surface area contributed by atoms with E-state index in [9.17, 15) is 4.79 Å². The van der Waals surface area contributed by atoms with Gasteiger partial charge in [-0.15, -0.1) is 0 Å². The van der Waals surface area contributed by atoms with E-state index < -0.39 is 0 Å². The summed E-state index contributed by atoms with van der Waals surface area (Å²) in [5.74, 6) is 1.24. The molecule has 0 aliphatic carbocycles. The van der Waals surface area contributed by atoms with Crippen molar-refractivity contribution in [2.45, 2.75) is 27.2 Å². The summed E-state index contributed by atoms with van der Waals surface area (Å²) in [7, 11) is 0. The number of hydrogen-bond acceptors (Lipinski definition) is 2. The van der Waals surface area contributed by atoms with E-state index in [0.717, 1.165) is 12.2 Å². The first kappa shape index (κ1) is 11.6. The van der Waals surface area contributed by atoms with Crippen LogP contribution in [0.2, 0.25) is 0 Å². The van der Waals surface area contributed by atoms with Gasteiger partial charge in [-0.1, -0.05) is 23.8 Å². The number of carbonyl (C=O) groups excluding carboxylic acids is 1. The second kappa shape index (κ2) is 4.58. The molecular formula is C15H16O2. The normalized spacial score (nSPS) is 10.5. The molecule has 1 aromatic heterocycles. The van der Waals surface area contributed by atoms with Gasteiger partial charge in [-0.25, -0.2) is 0 Å². The van der Waals surface area contributed by atoms with Crippen LogP contribution in [0.3, 0.4) is 0 Å². The summed E-state index contributed by atoms with van der Waals surface area (Å²) in [5.41, 5.74) is 3.75. The van der Waals surface area contributed by atoms with E-state index in [0.29, 0.717) is 5.76 Å². The first-order valence-electron chi connectivity index (χ1n) is 5.72. The molecule has 0 radical (unpaired) electrons. The zero-order valence-electron chi connectivity index (χ0n) is 10.4.